The summed E-state index contributed by atoms with van der Waals surface area (Å²) in [4.78, 5) is 16.3. The zero-order valence-electron chi connectivity index (χ0n) is 15.4. The number of rotatable bonds is 5. The normalized spacial score (nSPS) is 29.2. The highest BCUT2D eigenvalue weighted by atomic mass is 32.2. The second-order valence-electron chi connectivity index (χ2n) is 8.17. The third kappa shape index (κ3) is 3.85. The van der Waals surface area contributed by atoms with Gasteiger partial charge in [-0.1, -0.05) is 31.6 Å². The first kappa shape index (κ1) is 18.6. The van der Waals surface area contributed by atoms with Gasteiger partial charge in [-0.2, -0.15) is 0 Å². The van der Waals surface area contributed by atoms with E-state index in [4.69, 9.17) is 0 Å². The van der Waals surface area contributed by atoms with E-state index >= 15 is 0 Å². The Hall–Kier alpha value is -1.14. The molecule has 3 atom stereocenters. The maximum atomic E-state index is 13.3. The van der Waals surface area contributed by atoms with E-state index in [1.165, 1.54) is 5.57 Å². The van der Waals surface area contributed by atoms with Crippen molar-refractivity contribution in [1.29, 1.82) is 0 Å². The molecule has 1 saturated heterocycles. The molecule has 6 heteroatoms. The number of carbonyl (C=O) groups excluding carboxylic acids is 1. The molecule has 1 aromatic heterocycles. The lowest BCUT2D eigenvalue weighted by Crippen LogP contribution is -2.42. The lowest BCUT2D eigenvalue weighted by atomic mass is 10.1. The fourth-order valence-electron chi connectivity index (χ4n) is 3.98. The summed E-state index contributed by atoms with van der Waals surface area (Å²) in [5.41, 5.74) is 1.17. The molecule has 25 heavy (non-hydrogen) atoms. The second kappa shape index (κ2) is 6.54. The molecule has 1 aliphatic heterocycles. The fourth-order valence-corrected chi connectivity index (χ4v) is 6.41. The van der Waals surface area contributed by atoms with E-state index < -0.39 is 9.84 Å². The van der Waals surface area contributed by atoms with Crippen molar-refractivity contribution in [3.63, 3.8) is 0 Å². The Bertz CT molecular complexity index is 774. The average molecular weight is 382 g/mol. The Balaban J connectivity index is 1.84. The highest BCUT2D eigenvalue weighted by Crippen LogP contribution is 2.60. The van der Waals surface area contributed by atoms with Gasteiger partial charge < -0.3 is 4.90 Å². The molecule has 1 aromatic rings. The van der Waals surface area contributed by atoms with Gasteiger partial charge in [-0.3, -0.25) is 4.79 Å². The van der Waals surface area contributed by atoms with E-state index in [1.54, 1.807) is 11.3 Å². The summed E-state index contributed by atoms with van der Waals surface area (Å²) in [5, 5.41) is 2.00. The molecule has 0 radical (unpaired) electrons. The van der Waals surface area contributed by atoms with E-state index in [1.807, 2.05) is 22.4 Å². The maximum Gasteiger partial charge on any atom is 0.227 e. The zero-order chi connectivity index (χ0) is 18.4. The Morgan fingerprint density at radius 2 is 2.12 bits per heavy atom. The number of thiophene rings is 1. The molecule has 0 N–H and O–H groups in total. The minimum absolute atomic E-state index is 0.0503. The highest BCUT2D eigenvalue weighted by molar-refractivity contribution is 7.91. The highest BCUT2D eigenvalue weighted by Gasteiger charge is 2.61. The molecule has 2 aliphatic rings. The first-order valence-electron chi connectivity index (χ1n) is 8.80. The Labute approximate surface area is 154 Å². The number of allylic oxidation sites excluding steroid dienone is 2. The van der Waals surface area contributed by atoms with Crippen molar-refractivity contribution >= 4 is 27.1 Å². The molecule has 1 aliphatic carbocycles. The molecule has 2 fully saturated rings. The van der Waals surface area contributed by atoms with E-state index in [2.05, 4.69) is 33.8 Å². The Kier molecular flexibility index (Phi) is 4.88. The molecule has 4 nitrogen and oxygen atoms in total. The standard InChI is InChI=1S/C19H27NO3S2/c1-13(2)10-16-17(19(16,3)4)18(21)20(11-15-6-5-8-24-15)14-7-9-25(22,23)12-14/h5-6,8,10,14,16-17H,7,9,11-12H2,1-4H3/t14-,16+,17+/m1/s1. The van der Waals surface area contributed by atoms with Crippen LogP contribution in [0, 0.1) is 17.3 Å². The quantitative estimate of drug-likeness (QED) is 0.734. The number of hydrogen-bond donors (Lipinski definition) is 0. The number of carbonyl (C=O) groups is 1. The van der Waals surface area contributed by atoms with E-state index in [9.17, 15) is 13.2 Å². The molecule has 1 saturated carbocycles. The average Bonchev–Trinajstić information content (AvgIpc) is 2.93. The second-order valence-corrected chi connectivity index (χ2v) is 11.4. The zero-order valence-corrected chi connectivity index (χ0v) is 17.0. The summed E-state index contributed by atoms with van der Waals surface area (Å²) >= 11 is 1.62. The Morgan fingerprint density at radius 3 is 2.64 bits per heavy atom. The minimum Gasteiger partial charge on any atom is -0.333 e. The molecule has 0 spiro atoms. The summed E-state index contributed by atoms with van der Waals surface area (Å²) in [6.07, 6.45) is 2.75. The van der Waals surface area contributed by atoms with Gasteiger partial charge in [-0.05, 0) is 43.0 Å². The van der Waals surface area contributed by atoms with E-state index in [0.717, 1.165) is 4.88 Å². The molecule has 0 bridgehead atoms. The minimum atomic E-state index is -3.02. The molecule has 3 rings (SSSR count). The van der Waals surface area contributed by atoms with Gasteiger partial charge in [0.25, 0.3) is 0 Å². The van der Waals surface area contributed by atoms with E-state index in [-0.39, 0.29) is 40.7 Å². The number of amides is 1. The molecule has 1 amide bonds. The van der Waals surface area contributed by atoms with Crippen LogP contribution in [0.1, 0.15) is 39.0 Å². The molecule has 138 valence electrons. The molecule has 0 unspecified atom stereocenters. The summed E-state index contributed by atoms with van der Waals surface area (Å²) in [5.74, 6) is 0.601. The van der Waals surface area contributed by atoms with Crippen molar-refractivity contribution in [2.75, 3.05) is 11.5 Å². The van der Waals surface area contributed by atoms with Crippen LogP contribution >= 0.6 is 11.3 Å². The van der Waals surface area contributed by atoms with Crippen LogP contribution in [-0.4, -0.2) is 36.8 Å². The van der Waals surface area contributed by atoms with Crippen LogP contribution < -0.4 is 0 Å². The summed E-state index contributed by atoms with van der Waals surface area (Å²) in [7, 11) is -3.02. The van der Waals surface area contributed by atoms with Crippen molar-refractivity contribution in [3.8, 4) is 0 Å². The van der Waals surface area contributed by atoms with Crippen molar-refractivity contribution < 1.29 is 13.2 Å². The predicted octanol–water partition coefficient (Wildman–Crippen LogP) is 3.50. The van der Waals surface area contributed by atoms with Crippen LogP contribution in [-0.2, 0) is 21.2 Å². The maximum absolute atomic E-state index is 13.3. The number of hydrogen-bond acceptors (Lipinski definition) is 4. The van der Waals surface area contributed by atoms with Gasteiger partial charge in [-0.15, -0.1) is 11.3 Å². The third-order valence-electron chi connectivity index (χ3n) is 5.53. The first-order chi connectivity index (χ1) is 11.6. The van der Waals surface area contributed by atoms with Crippen LogP contribution in [0.25, 0.3) is 0 Å². The molecule has 2 heterocycles. The van der Waals surface area contributed by atoms with Gasteiger partial charge in [0.15, 0.2) is 9.84 Å². The van der Waals surface area contributed by atoms with E-state index in [0.29, 0.717) is 13.0 Å². The van der Waals surface area contributed by atoms with Crippen molar-refractivity contribution in [2.45, 2.75) is 46.7 Å². The lowest BCUT2D eigenvalue weighted by Gasteiger charge is -2.28. The van der Waals surface area contributed by atoms with Crippen LogP contribution in [0.2, 0.25) is 0 Å². The SMILES string of the molecule is CC(C)=C[C@H]1[C@@H](C(=O)N(Cc2cccs2)[C@@H]2CCS(=O)(=O)C2)C1(C)C. The van der Waals surface area contributed by atoms with Gasteiger partial charge in [0.2, 0.25) is 5.91 Å². The lowest BCUT2D eigenvalue weighted by molar-refractivity contribution is -0.136. The first-order valence-corrected chi connectivity index (χ1v) is 11.5. The third-order valence-corrected chi connectivity index (χ3v) is 8.14. The monoisotopic (exact) mass is 381 g/mol. The van der Waals surface area contributed by atoms with Crippen LogP contribution in [0.3, 0.4) is 0 Å². The van der Waals surface area contributed by atoms with Crippen LogP contribution in [0.4, 0.5) is 0 Å². The number of sulfone groups is 1. The predicted molar refractivity (Wildman–Crippen MR) is 102 cm³/mol. The summed E-state index contributed by atoms with van der Waals surface area (Å²) < 4.78 is 23.9. The van der Waals surface area contributed by atoms with Gasteiger partial charge in [-0.25, -0.2) is 8.42 Å². The van der Waals surface area contributed by atoms with Gasteiger partial charge in [0, 0.05) is 10.9 Å². The Morgan fingerprint density at radius 1 is 1.40 bits per heavy atom. The van der Waals surface area contributed by atoms with Gasteiger partial charge >= 0.3 is 0 Å². The molecular weight excluding hydrogens is 354 g/mol. The van der Waals surface area contributed by atoms with Crippen LogP contribution in [0.15, 0.2) is 29.2 Å². The van der Waals surface area contributed by atoms with Gasteiger partial charge in [0.05, 0.1) is 24.0 Å². The number of nitrogens with zero attached hydrogens (tertiary/aromatic N) is 1. The van der Waals surface area contributed by atoms with Crippen molar-refractivity contribution in [1.82, 2.24) is 4.90 Å². The van der Waals surface area contributed by atoms with Crippen molar-refractivity contribution in [3.05, 3.63) is 34.0 Å². The summed E-state index contributed by atoms with van der Waals surface area (Å²) in [6.45, 7) is 8.90. The van der Waals surface area contributed by atoms with Crippen molar-refractivity contribution in [2.24, 2.45) is 17.3 Å². The van der Waals surface area contributed by atoms with Crippen LogP contribution in [0.5, 0.6) is 0 Å². The topological polar surface area (TPSA) is 54.5 Å². The smallest absolute Gasteiger partial charge is 0.227 e. The summed E-state index contributed by atoms with van der Waals surface area (Å²) in [6, 6.07) is 3.80. The largest absolute Gasteiger partial charge is 0.333 e. The molecular formula is C19H27NO3S2. The molecule has 0 aromatic carbocycles. The van der Waals surface area contributed by atoms with Gasteiger partial charge in [0.1, 0.15) is 0 Å². The fraction of sp³-hybridized carbons (Fsp3) is 0.632.